The summed E-state index contributed by atoms with van der Waals surface area (Å²) in [4.78, 5) is 4.33. The fraction of sp³-hybridized carbons (Fsp3) is 0.455. The lowest BCUT2D eigenvalue weighted by Crippen LogP contribution is -2.12. The van der Waals surface area contributed by atoms with Crippen LogP contribution in [0.25, 0.3) is 5.65 Å². The smallest absolute Gasteiger partial charge is 0.243 e. The third-order valence-corrected chi connectivity index (χ3v) is 2.73. The van der Waals surface area contributed by atoms with E-state index in [9.17, 15) is 0 Å². The number of pyridine rings is 1. The second kappa shape index (κ2) is 6.67. The lowest BCUT2D eigenvalue weighted by Gasteiger charge is -2.03. The van der Waals surface area contributed by atoms with E-state index in [1.807, 2.05) is 18.3 Å². The molecule has 2 aromatic rings. The Morgan fingerprint density at radius 2 is 2.22 bits per heavy atom. The van der Waals surface area contributed by atoms with Gasteiger partial charge in [-0.1, -0.05) is 0 Å². The van der Waals surface area contributed by atoms with Crippen LogP contribution >= 0.6 is 15.9 Å². The predicted octanol–water partition coefficient (Wildman–Crippen LogP) is 1.57. The van der Waals surface area contributed by atoms with Gasteiger partial charge in [0.1, 0.15) is 0 Å². The van der Waals surface area contributed by atoms with Crippen LogP contribution in [0.3, 0.4) is 0 Å². The maximum absolute atomic E-state index is 5.33. The second-order valence-electron chi connectivity index (χ2n) is 3.62. The van der Waals surface area contributed by atoms with Crippen molar-refractivity contribution in [3.63, 3.8) is 0 Å². The average molecular weight is 315 g/mol. The van der Waals surface area contributed by atoms with Gasteiger partial charge in [0.05, 0.1) is 19.8 Å². The van der Waals surface area contributed by atoms with Crippen LogP contribution in [0, 0.1) is 0 Å². The number of aromatic nitrogens is 3. The first-order valence-corrected chi connectivity index (χ1v) is 6.41. The molecule has 98 valence electrons. The van der Waals surface area contributed by atoms with Crippen molar-refractivity contribution in [3.05, 3.63) is 22.8 Å². The van der Waals surface area contributed by atoms with Crippen LogP contribution in [0.2, 0.25) is 0 Å². The number of rotatable bonds is 7. The molecular weight excluding hydrogens is 300 g/mol. The van der Waals surface area contributed by atoms with Gasteiger partial charge in [-0.3, -0.25) is 0 Å². The highest BCUT2D eigenvalue weighted by atomic mass is 79.9. The zero-order valence-electron chi connectivity index (χ0n) is 10.1. The molecule has 0 aliphatic carbocycles. The van der Waals surface area contributed by atoms with Gasteiger partial charge in [0.25, 0.3) is 0 Å². The van der Waals surface area contributed by atoms with Crippen LogP contribution in [-0.4, -0.2) is 48.1 Å². The Kier molecular flexibility index (Phi) is 4.91. The molecule has 0 aromatic carbocycles. The Morgan fingerprint density at radius 1 is 1.33 bits per heavy atom. The Hall–Kier alpha value is -1.18. The number of nitrogens with zero attached hydrogens (tertiary/aromatic N) is 3. The number of hydrogen-bond acceptors (Lipinski definition) is 5. The normalized spacial score (nSPS) is 11.0. The maximum atomic E-state index is 5.33. The van der Waals surface area contributed by atoms with E-state index in [2.05, 4.69) is 31.3 Å². The lowest BCUT2D eigenvalue weighted by molar-refractivity contribution is 0.0759. The summed E-state index contributed by atoms with van der Waals surface area (Å²) in [6, 6.07) is 3.83. The average Bonchev–Trinajstić information content (AvgIpc) is 2.75. The minimum atomic E-state index is 0.600. The molecule has 7 heteroatoms. The number of halogens is 1. The highest BCUT2D eigenvalue weighted by Gasteiger charge is 2.02. The Morgan fingerprint density at radius 3 is 3.06 bits per heavy atom. The zero-order chi connectivity index (χ0) is 12.8. The molecular formula is C11H15BrN4O2. The molecule has 0 bridgehead atoms. The van der Waals surface area contributed by atoms with Crippen LogP contribution in [0.15, 0.2) is 22.8 Å². The lowest BCUT2D eigenvalue weighted by atomic mass is 10.5. The van der Waals surface area contributed by atoms with Crippen LogP contribution < -0.4 is 5.32 Å². The van der Waals surface area contributed by atoms with E-state index in [1.165, 1.54) is 0 Å². The van der Waals surface area contributed by atoms with Gasteiger partial charge < -0.3 is 14.8 Å². The van der Waals surface area contributed by atoms with Crippen molar-refractivity contribution in [3.8, 4) is 0 Å². The van der Waals surface area contributed by atoms with Gasteiger partial charge in [-0.15, -0.1) is 5.10 Å². The first-order chi connectivity index (χ1) is 8.79. The molecule has 0 fully saturated rings. The molecule has 0 spiro atoms. The maximum Gasteiger partial charge on any atom is 0.243 e. The molecule has 2 rings (SSSR count). The largest absolute Gasteiger partial charge is 0.382 e. The Bertz CT molecular complexity index is 503. The zero-order valence-corrected chi connectivity index (χ0v) is 11.7. The second-order valence-corrected chi connectivity index (χ2v) is 4.53. The fourth-order valence-electron chi connectivity index (χ4n) is 1.41. The highest BCUT2D eigenvalue weighted by Crippen LogP contribution is 2.11. The molecule has 0 unspecified atom stereocenters. The minimum Gasteiger partial charge on any atom is -0.382 e. The Labute approximate surface area is 113 Å². The molecule has 0 saturated heterocycles. The summed E-state index contributed by atoms with van der Waals surface area (Å²) < 4.78 is 12.9. The molecule has 0 amide bonds. The first kappa shape index (κ1) is 13.3. The number of hydrogen-bond donors (Lipinski definition) is 1. The quantitative estimate of drug-likeness (QED) is 0.786. The number of methoxy groups -OCH3 is 1. The van der Waals surface area contributed by atoms with E-state index >= 15 is 0 Å². The van der Waals surface area contributed by atoms with Crippen molar-refractivity contribution in [1.29, 1.82) is 0 Å². The molecule has 1 N–H and O–H groups in total. The summed E-state index contributed by atoms with van der Waals surface area (Å²) in [7, 11) is 1.65. The third kappa shape index (κ3) is 3.66. The number of fused-ring (bicyclic) bond motifs is 1. The molecule has 18 heavy (non-hydrogen) atoms. The third-order valence-electron chi connectivity index (χ3n) is 2.26. The van der Waals surface area contributed by atoms with Crippen molar-refractivity contribution in [1.82, 2.24) is 14.6 Å². The molecule has 0 saturated carbocycles. The van der Waals surface area contributed by atoms with Crippen molar-refractivity contribution in [2.24, 2.45) is 0 Å². The molecule has 0 aliphatic rings. The monoisotopic (exact) mass is 314 g/mol. The van der Waals surface area contributed by atoms with Crippen LogP contribution in [0.1, 0.15) is 0 Å². The van der Waals surface area contributed by atoms with E-state index < -0.39 is 0 Å². The van der Waals surface area contributed by atoms with Crippen LogP contribution in [-0.2, 0) is 9.47 Å². The molecule has 0 aliphatic heterocycles. The highest BCUT2D eigenvalue weighted by molar-refractivity contribution is 9.10. The fourth-order valence-corrected chi connectivity index (χ4v) is 1.74. The van der Waals surface area contributed by atoms with Gasteiger partial charge in [0.15, 0.2) is 5.65 Å². The van der Waals surface area contributed by atoms with Gasteiger partial charge in [0.2, 0.25) is 5.95 Å². The molecule has 0 atom stereocenters. The van der Waals surface area contributed by atoms with E-state index in [4.69, 9.17) is 9.47 Å². The summed E-state index contributed by atoms with van der Waals surface area (Å²) in [6.07, 6.45) is 1.86. The van der Waals surface area contributed by atoms with Gasteiger partial charge in [-0.25, -0.2) is 4.52 Å². The standard InChI is InChI=1S/C11H15BrN4O2/c1-17-6-7-18-5-4-13-11-14-10-3-2-9(12)8-16(10)15-11/h2-3,8H,4-7H2,1H3,(H,13,15). The van der Waals surface area contributed by atoms with Gasteiger partial charge in [0, 0.05) is 24.3 Å². The molecule has 2 aromatic heterocycles. The van der Waals surface area contributed by atoms with Gasteiger partial charge in [-0.05, 0) is 28.1 Å². The summed E-state index contributed by atoms with van der Waals surface area (Å²) in [5.74, 6) is 0.600. The summed E-state index contributed by atoms with van der Waals surface area (Å²) in [5, 5.41) is 7.40. The number of anilines is 1. The topological polar surface area (TPSA) is 60.7 Å². The summed E-state index contributed by atoms with van der Waals surface area (Å²) in [5.41, 5.74) is 0.806. The predicted molar refractivity (Wildman–Crippen MR) is 71.9 cm³/mol. The van der Waals surface area contributed by atoms with Crippen LogP contribution in [0.4, 0.5) is 5.95 Å². The molecule has 6 nitrogen and oxygen atoms in total. The van der Waals surface area contributed by atoms with Crippen molar-refractivity contribution in [2.45, 2.75) is 0 Å². The van der Waals surface area contributed by atoms with E-state index in [0.29, 0.717) is 32.3 Å². The van der Waals surface area contributed by atoms with Crippen molar-refractivity contribution < 1.29 is 9.47 Å². The van der Waals surface area contributed by atoms with E-state index in [-0.39, 0.29) is 0 Å². The summed E-state index contributed by atoms with van der Waals surface area (Å²) in [6.45, 7) is 2.48. The first-order valence-electron chi connectivity index (χ1n) is 5.62. The van der Waals surface area contributed by atoms with Crippen LogP contribution in [0.5, 0.6) is 0 Å². The van der Waals surface area contributed by atoms with Gasteiger partial charge in [-0.2, -0.15) is 4.98 Å². The summed E-state index contributed by atoms with van der Waals surface area (Å²) >= 11 is 3.39. The van der Waals surface area contributed by atoms with Crippen molar-refractivity contribution >= 4 is 27.5 Å². The van der Waals surface area contributed by atoms with Gasteiger partial charge >= 0.3 is 0 Å². The molecule has 0 radical (unpaired) electrons. The minimum absolute atomic E-state index is 0.600. The number of ether oxygens (including phenoxy) is 2. The molecule has 2 heterocycles. The van der Waals surface area contributed by atoms with E-state index in [0.717, 1.165) is 10.1 Å². The number of nitrogens with one attached hydrogen (secondary N) is 1. The van der Waals surface area contributed by atoms with E-state index in [1.54, 1.807) is 11.6 Å². The van der Waals surface area contributed by atoms with Crippen molar-refractivity contribution in [2.75, 3.05) is 38.8 Å². The Balaban J connectivity index is 1.81. The SMILES string of the molecule is COCCOCCNc1nc2ccc(Br)cn2n1.